The molecule has 3 heterocycles. The van der Waals surface area contributed by atoms with Gasteiger partial charge in [0.05, 0.1) is 12.4 Å². The number of benzene rings is 1. The molecule has 0 spiro atoms. The van der Waals surface area contributed by atoms with Crippen molar-refractivity contribution in [3.63, 3.8) is 0 Å². The molecular weight excluding hydrogens is 368 g/mol. The van der Waals surface area contributed by atoms with Gasteiger partial charge in [-0.3, -0.25) is 4.79 Å². The van der Waals surface area contributed by atoms with Gasteiger partial charge in [0, 0.05) is 32.7 Å². The molecule has 2 N–H and O–H groups in total. The fraction of sp³-hybridized carbons (Fsp3) is 0.381. The molecule has 8 nitrogen and oxygen atoms in total. The maximum Gasteiger partial charge on any atom is 0.256 e. The predicted octanol–water partition coefficient (Wildman–Crippen LogP) is 1.47. The molecule has 2 aromatic heterocycles. The van der Waals surface area contributed by atoms with E-state index < -0.39 is 0 Å². The van der Waals surface area contributed by atoms with Crippen LogP contribution in [0.5, 0.6) is 5.88 Å². The number of hydrogen-bond acceptors (Lipinski definition) is 6. The van der Waals surface area contributed by atoms with Gasteiger partial charge in [0.1, 0.15) is 11.3 Å². The standard InChI is InChI=1S/C21H26N6O2/c1-15-3-5-16(6-4-15)7-8-22-20(28)17-13-24-27-19(17)23-14-18(21(27)29)26-11-9-25(2)10-12-26/h3-6,13-14,29H,7-12H2,1-2H3,(H,22,28). The molecule has 0 radical (unpaired) electrons. The van der Waals surface area contributed by atoms with Crippen molar-refractivity contribution in [2.24, 2.45) is 0 Å². The number of nitrogens with one attached hydrogen (secondary N) is 1. The molecule has 8 heteroatoms. The quantitative estimate of drug-likeness (QED) is 0.682. The first kappa shape index (κ1) is 19.2. The number of piperazine rings is 1. The third kappa shape index (κ3) is 4.02. The lowest BCUT2D eigenvalue weighted by atomic mass is 10.1. The van der Waals surface area contributed by atoms with Gasteiger partial charge in [-0.25, -0.2) is 4.98 Å². The zero-order valence-electron chi connectivity index (χ0n) is 16.8. The fourth-order valence-corrected chi connectivity index (χ4v) is 3.51. The minimum atomic E-state index is -0.244. The third-order valence-corrected chi connectivity index (χ3v) is 5.39. The first-order valence-corrected chi connectivity index (χ1v) is 9.86. The summed E-state index contributed by atoms with van der Waals surface area (Å²) in [5, 5.41) is 17.8. The summed E-state index contributed by atoms with van der Waals surface area (Å²) < 4.78 is 1.34. The van der Waals surface area contributed by atoms with E-state index in [0.29, 0.717) is 23.4 Å². The van der Waals surface area contributed by atoms with Gasteiger partial charge in [0.15, 0.2) is 5.65 Å². The van der Waals surface area contributed by atoms with Crippen LogP contribution in [0.15, 0.2) is 36.7 Å². The van der Waals surface area contributed by atoms with Crippen LogP contribution in [-0.2, 0) is 6.42 Å². The number of carbonyl (C=O) groups is 1. The van der Waals surface area contributed by atoms with Crippen molar-refractivity contribution < 1.29 is 9.90 Å². The molecule has 29 heavy (non-hydrogen) atoms. The van der Waals surface area contributed by atoms with E-state index >= 15 is 0 Å². The lowest BCUT2D eigenvalue weighted by molar-refractivity contribution is 0.0955. The summed E-state index contributed by atoms with van der Waals surface area (Å²) in [5.74, 6) is -0.232. The molecule has 0 unspecified atom stereocenters. The number of aromatic nitrogens is 3. The number of likely N-dealkylation sites (N-methyl/N-ethyl adjacent to an activating group) is 1. The summed E-state index contributed by atoms with van der Waals surface area (Å²) in [6, 6.07) is 8.26. The Kier molecular flexibility index (Phi) is 5.35. The Hall–Kier alpha value is -3.13. The van der Waals surface area contributed by atoms with Gasteiger partial charge < -0.3 is 20.2 Å². The largest absolute Gasteiger partial charge is 0.492 e. The highest BCUT2D eigenvalue weighted by molar-refractivity contribution is 5.99. The smallest absolute Gasteiger partial charge is 0.256 e. The van der Waals surface area contributed by atoms with E-state index in [0.717, 1.165) is 32.6 Å². The molecule has 152 valence electrons. The van der Waals surface area contributed by atoms with Crippen molar-refractivity contribution in [2.75, 3.05) is 44.7 Å². The van der Waals surface area contributed by atoms with E-state index in [9.17, 15) is 9.90 Å². The van der Waals surface area contributed by atoms with Crippen molar-refractivity contribution in [1.29, 1.82) is 0 Å². The van der Waals surface area contributed by atoms with Crippen molar-refractivity contribution in [3.05, 3.63) is 53.3 Å². The maximum absolute atomic E-state index is 12.6. The summed E-state index contributed by atoms with van der Waals surface area (Å²) >= 11 is 0. The topological polar surface area (TPSA) is 86.0 Å². The molecule has 1 fully saturated rings. The minimum absolute atomic E-state index is 0.0123. The van der Waals surface area contributed by atoms with Crippen LogP contribution in [0.2, 0.25) is 0 Å². The van der Waals surface area contributed by atoms with Crippen LogP contribution >= 0.6 is 0 Å². The van der Waals surface area contributed by atoms with E-state index in [2.05, 4.69) is 56.5 Å². The number of aryl methyl sites for hydroxylation is 1. The van der Waals surface area contributed by atoms with Gasteiger partial charge in [0.2, 0.25) is 5.88 Å². The number of rotatable bonds is 5. The average molecular weight is 394 g/mol. The Labute approximate surface area is 169 Å². The second-order valence-electron chi connectivity index (χ2n) is 7.54. The van der Waals surface area contributed by atoms with Gasteiger partial charge in [-0.1, -0.05) is 29.8 Å². The minimum Gasteiger partial charge on any atom is -0.492 e. The number of nitrogens with zero attached hydrogens (tertiary/aromatic N) is 5. The van der Waals surface area contributed by atoms with E-state index in [4.69, 9.17) is 0 Å². The van der Waals surface area contributed by atoms with Gasteiger partial charge in [-0.2, -0.15) is 9.61 Å². The predicted molar refractivity (Wildman–Crippen MR) is 112 cm³/mol. The van der Waals surface area contributed by atoms with Crippen LogP contribution in [-0.4, -0.2) is 70.3 Å². The summed E-state index contributed by atoms with van der Waals surface area (Å²) in [6.45, 7) is 6.03. The lowest BCUT2D eigenvalue weighted by Gasteiger charge is -2.33. The number of anilines is 1. The first-order chi connectivity index (χ1) is 14.0. The van der Waals surface area contributed by atoms with Crippen molar-refractivity contribution >= 4 is 17.2 Å². The Balaban J connectivity index is 1.46. The van der Waals surface area contributed by atoms with Crippen LogP contribution in [0.4, 0.5) is 5.69 Å². The monoisotopic (exact) mass is 394 g/mol. The van der Waals surface area contributed by atoms with E-state index in [1.54, 1.807) is 6.20 Å². The second-order valence-corrected chi connectivity index (χ2v) is 7.54. The number of aromatic hydroxyl groups is 1. The molecule has 1 saturated heterocycles. The van der Waals surface area contributed by atoms with Crippen LogP contribution in [0.1, 0.15) is 21.5 Å². The Morgan fingerprint density at radius 2 is 1.86 bits per heavy atom. The zero-order chi connectivity index (χ0) is 20.4. The third-order valence-electron chi connectivity index (χ3n) is 5.39. The summed E-state index contributed by atoms with van der Waals surface area (Å²) in [4.78, 5) is 21.3. The molecule has 4 rings (SSSR count). The molecule has 1 aromatic carbocycles. The highest BCUT2D eigenvalue weighted by Gasteiger charge is 2.22. The molecule has 0 atom stereocenters. The maximum atomic E-state index is 12.6. The number of hydrogen-bond donors (Lipinski definition) is 2. The average Bonchev–Trinajstić information content (AvgIpc) is 3.16. The van der Waals surface area contributed by atoms with Crippen LogP contribution in [0, 0.1) is 6.92 Å². The summed E-state index contributed by atoms with van der Waals surface area (Å²) in [7, 11) is 2.08. The molecule has 3 aromatic rings. The number of fused-ring (bicyclic) bond motifs is 1. The highest BCUT2D eigenvalue weighted by atomic mass is 16.3. The number of amides is 1. The summed E-state index contributed by atoms with van der Waals surface area (Å²) in [6.07, 6.45) is 3.83. The fourth-order valence-electron chi connectivity index (χ4n) is 3.51. The van der Waals surface area contributed by atoms with Gasteiger partial charge in [-0.05, 0) is 26.0 Å². The second kappa shape index (κ2) is 8.08. The van der Waals surface area contributed by atoms with E-state index in [1.165, 1.54) is 21.8 Å². The lowest BCUT2D eigenvalue weighted by Crippen LogP contribution is -2.44. The SMILES string of the molecule is Cc1ccc(CCNC(=O)c2cnn3c(O)c(N4CCN(C)CC4)cnc23)cc1. The van der Waals surface area contributed by atoms with Crippen LogP contribution < -0.4 is 10.2 Å². The molecule has 0 bridgehead atoms. The molecule has 0 aliphatic carbocycles. The van der Waals surface area contributed by atoms with Gasteiger partial charge >= 0.3 is 0 Å². The van der Waals surface area contributed by atoms with Crippen molar-refractivity contribution in [3.8, 4) is 5.88 Å². The normalized spacial score (nSPS) is 15.0. The van der Waals surface area contributed by atoms with Crippen molar-refractivity contribution in [2.45, 2.75) is 13.3 Å². The Morgan fingerprint density at radius 1 is 1.14 bits per heavy atom. The Morgan fingerprint density at radius 3 is 2.59 bits per heavy atom. The van der Waals surface area contributed by atoms with Crippen molar-refractivity contribution in [1.82, 2.24) is 24.8 Å². The van der Waals surface area contributed by atoms with E-state index in [-0.39, 0.29) is 11.8 Å². The van der Waals surface area contributed by atoms with Gasteiger partial charge in [0.25, 0.3) is 5.91 Å². The van der Waals surface area contributed by atoms with Gasteiger partial charge in [-0.15, -0.1) is 0 Å². The molecule has 1 aliphatic heterocycles. The molecule has 0 saturated carbocycles. The van der Waals surface area contributed by atoms with Crippen LogP contribution in [0.25, 0.3) is 5.65 Å². The molecule has 1 amide bonds. The van der Waals surface area contributed by atoms with Crippen LogP contribution in [0.3, 0.4) is 0 Å². The molecule has 1 aliphatic rings. The zero-order valence-corrected chi connectivity index (χ0v) is 16.8. The Bertz CT molecular complexity index is 1010. The first-order valence-electron chi connectivity index (χ1n) is 9.86. The number of carbonyl (C=O) groups excluding carboxylic acids is 1. The molecular formula is C21H26N6O2. The highest BCUT2D eigenvalue weighted by Crippen LogP contribution is 2.28. The van der Waals surface area contributed by atoms with E-state index in [1.807, 2.05) is 6.92 Å². The summed E-state index contributed by atoms with van der Waals surface area (Å²) in [5.41, 5.74) is 3.73.